The fraction of sp³-hybridized carbons (Fsp3) is 0.0588. The van der Waals surface area contributed by atoms with Crippen molar-refractivity contribution < 1.29 is 15.0 Å². The number of fused-ring (bicyclic) bond motifs is 1. The van der Waals surface area contributed by atoms with E-state index in [0.29, 0.717) is 16.5 Å². The van der Waals surface area contributed by atoms with Crippen molar-refractivity contribution in [3.05, 3.63) is 54.6 Å². The van der Waals surface area contributed by atoms with Gasteiger partial charge in [-0.3, -0.25) is 4.79 Å². The smallest absolute Gasteiger partial charge is 0.301 e. The van der Waals surface area contributed by atoms with Crippen LogP contribution >= 0.6 is 11.8 Å². The normalized spacial score (nSPS) is 18.7. The Bertz CT molecular complexity index is 1070. The third-order valence-corrected chi connectivity index (χ3v) is 4.59. The van der Waals surface area contributed by atoms with Gasteiger partial charge in [-0.05, 0) is 36.0 Å². The molecule has 4 rings (SSSR count). The van der Waals surface area contributed by atoms with Crippen LogP contribution in [-0.2, 0) is 4.79 Å². The average molecular weight is 380 g/mol. The highest BCUT2D eigenvalue weighted by molar-refractivity contribution is 8.15. The number of nitrogens with zero attached hydrogens (tertiary/aromatic N) is 6. The van der Waals surface area contributed by atoms with Gasteiger partial charge in [-0.15, -0.1) is 15.3 Å². The maximum atomic E-state index is 11.9. The van der Waals surface area contributed by atoms with Crippen molar-refractivity contribution in [3.63, 3.8) is 0 Å². The van der Waals surface area contributed by atoms with Crippen LogP contribution in [0.25, 0.3) is 10.8 Å². The zero-order valence-electron chi connectivity index (χ0n) is 13.7. The summed E-state index contributed by atoms with van der Waals surface area (Å²) in [6, 6.07) is 15.7. The highest BCUT2D eigenvalue weighted by atomic mass is 32.2. The monoisotopic (exact) mass is 380 g/mol. The summed E-state index contributed by atoms with van der Waals surface area (Å²) < 4.78 is 0.938. The van der Waals surface area contributed by atoms with Crippen LogP contribution in [0, 0.1) is 0 Å². The van der Waals surface area contributed by atoms with E-state index in [4.69, 9.17) is 0 Å². The lowest BCUT2D eigenvalue weighted by molar-refractivity contribution is -0.117. The number of aromatic nitrogens is 1. The van der Waals surface area contributed by atoms with E-state index in [1.54, 1.807) is 48.5 Å². The molecule has 0 spiro atoms. The number of rotatable bonds is 3. The van der Waals surface area contributed by atoms with Crippen LogP contribution in [0.15, 0.2) is 80.2 Å². The van der Waals surface area contributed by atoms with Crippen molar-refractivity contribution >= 4 is 39.3 Å². The van der Waals surface area contributed by atoms with E-state index in [1.165, 1.54) is 0 Å². The van der Waals surface area contributed by atoms with Crippen LogP contribution in [0.3, 0.4) is 0 Å². The summed E-state index contributed by atoms with van der Waals surface area (Å²) in [5.74, 6) is -1.05. The van der Waals surface area contributed by atoms with E-state index < -0.39 is 11.3 Å². The summed E-state index contributed by atoms with van der Waals surface area (Å²) in [6.07, 6.45) is 0. The van der Waals surface area contributed by atoms with Gasteiger partial charge in [0.2, 0.25) is 22.3 Å². The van der Waals surface area contributed by atoms with Gasteiger partial charge in [-0.2, -0.15) is 14.9 Å². The highest BCUT2D eigenvalue weighted by Gasteiger charge is 2.27. The fourth-order valence-corrected chi connectivity index (χ4v) is 3.09. The molecule has 0 saturated heterocycles. The number of aromatic hydroxyl groups is 2. The van der Waals surface area contributed by atoms with Gasteiger partial charge in [-0.25, -0.2) is 0 Å². The summed E-state index contributed by atoms with van der Waals surface area (Å²) in [5.41, 5.74) is 0.596. The third-order valence-electron chi connectivity index (χ3n) is 3.69. The second kappa shape index (κ2) is 7.00. The molecule has 2 aromatic carbocycles. The van der Waals surface area contributed by atoms with E-state index in [-0.39, 0.29) is 16.9 Å². The van der Waals surface area contributed by atoms with Gasteiger partial charge < -0.3 is 10.2 Å². The van der Waals surface area contributed by atoms with Crippen LogP contribution < -0.4 is 0 Å². The van der Waals surface area contributed by atoms with Crippen molar-refractivity contribution in [2.24, 2.45) is 25.6 Å². The van der Waals surface area contributed by atoms with Crippen molar-refractivity contribution in [2.75, 3.05) is 0 Å². The van der Waals surface area contributed by atoms with Gasteiger partial charge in [0, 0.05) is 10.8 Å². The first-order chi connectivity index (χ1) is 13.1. The Kier molecular flexibility index (Phi) is 4.38. The van der Waals surface area contributed by atoms with Gasteiger partial charge in [0.25, 0.3) is 0 Å². The van der Waals surface area contributed by atoms with E-state index in [9.17, 15) is 15.0 Å². The first-order valence-electron chi connectivity index (χ1n) is 7.82. The second-order valence-electron chi connectivity index (χ2n) is 5.45. The molecule has 134 valence electrons. The van der Waals surface area contributed by atoms with Crippen molar-refractivity contribution in [1.82, 2.24) is 4.68 Å². The quantitative estimate of drug-likeness (QED) is 0.666. The summed E-state index contributed by atoms with van der Waals surface area (Å²) in [5, 5.41) is 39.8. The zero-order valence-corrected chi connectivity index (χ0v) is 14.5. The maximum Gasteiger partial charge on any atom is 0.301 e. The lowest BCUT2D eigenvalue weighted by Crippen LogP contribution is -2.18. The standard InChI is InChI=1S/C17H12N6O3S/c24-13-14(20-18-10-6-2-1-3-7-10)27-17(21-19-13)22-23-15(25)11-8-4-5-9-12(11)16(23)26/h1-9,14,25-26H/b20-18?,22-17+. The molecule has 0 saturated carbocycles. The molecule has 2 heterocycles. The number of carbonyl (C=O) groups is 1. The van der Waals surface area contributed by atoms with Gasteiger partial charge in [-0.1, -0.05) is 30.3 Å². The minimum atomic E-state index is -0.948. The molecule has 1 atom stereocenters. The molecule has 1 unspecified atom stereocenters. The average Bonchev–Trinajstić information content (AvgIpc) is 2.94. The number of amidine groups is 1. The molecule has 1 amide bonds. The molecule has 0 aliphatic carbocycles. The molecule has 27 heavy (non-hydrogen) atoms. The Morgan fingerprint density at radius 3 is 2.22 bits per heavy atom. The number of amides is 1. The highest BCUT2D eigenvalue weighted by Crippen LogP contribution is 2.36. The number of hydrogen-bond donors (Lipinski definition) is 2. The van der Waals surface area contributed by atoms with Crippen molar-refractivity contribution in [3.8, 4) is 11.8 Å². The Morgan fingerprint density at radius 2 is 1.56 bits per heavy atom. The van der Waals surface area contributed by atoms with Crippen LogP contribution in [0.4, 0.5) is 5.69 Å². The number of thioether (sulfide) groups is 1. The van der Waals surface area contributed by atoms with Crippen LogP contribution in [0.1, 0.15) is 0 Å². The molecule has 0 radical (unpaired) electrons. The van der Waals surface area contributed by atoms with Crippen molar-refractivity contribution in [2.45, 2.75) is 5.37 Å². The molecule has 10 heteroatoms. The fourth-order valence-electron chi connectivity index (χ4n) is 2.43. The number of azo groups is 2. The van der Waals surface area contributed by atoms with Gasteiger partial charge in [0.05, 0.1) is 5.69 Å². The van der Waals surface area contributed by atoms with Gasteiger partial charge in [0.1, 0.15) is 0 Å². The van der Waals surface area contributed by atoms with E-state index in [0.717, 1.165) is 16.4 Å². The van der Waals surface area contributed by atoms with E-state index >= 15 is 0 Å². The molecule has 0 fully saturated rings. The summed E-state index contributed by atoms with van der Waals surface area (Å²) in [6.45, 7) is 0. The van der Waals surface area contributed by atoms with Crippen LogP contribution in [0.5, 0.6) is 11.8 Å². The van der Waals surface area contributed by atoms with Crippen molar-refractivity contribution in [1.29, 1.82) is 0 Å². The minimum absolute atomic E-state index is 0.0533. The molecule has 1 aliphatic heterocycles. The largest absolute Gasteiger partial charge is 0.493 e. The topological polar surface area (TPSA) is 124 Å². The van der Waals surface area contributed by atoms with E-state index in [2.05, 4.69) is 25.6 Å². The summed E-state index contributed by atoms with van der Waals surface area (Å²) in [7, 11) is 0. The summed E-state index contributed by atoms with van der Waals surface area (Å²) in [4.78, 5) is 11.9. The number of hydrogen-bond acceptors (Lipinski definition) is 7. The Morgan fingerprint density at radius 1 is 0.926 bits per heavy atom. The summed E-state index contributed by atoms with van der Waals surface area (Å²) >= 11 is 0.918. The molecule has 9 nitrogen and oxygen atoms in total. The predicted octanol–water partition coefficient (Wildman–Crippen LogP) is 4.01. The predicted molar refractivity (Wildman–Crippen MR) is 100 cm³/mol. The Hall–Kier alpha value is -3.53. The van der Waals surface area contributed by atoms with Crippen LogP contribution in [0.2, 0.25) is 0 Å². The molecule has 1 aliphatic rings. The molecule has 2 N–H and O–H groups in total. The maximum absolute atomic E-state index is 11.9. The van der Waals surface area contributed by atoms with Gasteiger partial charge >= 0.3 is 5.91 Å². The third kappa shape index (κ3) is 3.29. The molecule has 3 aromatic rings. The molecular formula is C17H12N6O3S. The second-order valence-corrected chi connectivity index (χ2v) is 6.49. The first-order valence-corrected chi connectivity index (χ1v) is 8.70. The Balaban J connectivity index is 1.64. The minimum Gasteiger partial charge on any atom is -0.493 e. The number of carbonyl (C=O) groups excluding carboxylic acids is 1. The Labute approximate surface area is 156 Å². The molecule has 1 aromatic heterocycles. The lowest BCUT2D eigenvalue weighted by Gasteiger charge is -2.10. The lowest BCUT2D eigenvalue weighted by atomic mass is 10.2. The molecule has 0 bridgehead atoms. The SMILES string of the molecule is O=C1N=N/C(=N\n2c(O)c3ccccc3c2O)SC1N=Nc1ccccc1. The zero-order chi connectivity index (χ0) is 18.8. The van der Waals surface area contributed by atoms with Gasteiger partial charge in [0.15, 0.2) is 0 Å². The van der Waals surface area contributed by atoms with E-state index in [1.807, 2.05) is 6.07 Å². The molecular weight excluding hydrogens is 368 g/mol. The first kappa shape index (κ1) is 16.9. The van der Waals surface area contributed by atoms with Crippen LogP contribution in [-0.4, -0.2) is 31.3 Å². The number of benzene rings is 2.